The molecule has 0 spiro atoms. The Hall–Kier alpha value is -4.58. The minimum atomic E-state index is -0.317. The number of Topliss-reactive ketones (excluding diaryl/α,β-unsaturated/α-hetero) is 1. The van der Waals surface area contributed by atoms with Crippen LogP contribution in [0, 0.1) is 0 Å². The third-order valence-electron chi connectivity index (χ3n) is 7.10. The van der Waals surface area contributed by atoms with E-state index in [0.717, 1.165) is 38.9 Å². The Morgan fingerprint density at radius 3 is 2.69 bits per heavy atom. The molecule has 0 saturated heterocycles. The van der Waals surface area contributed by atoms with E-state index in [1.807, 2.05) is 66.3 Å². The van der Waals surface area contributed by atoms with Crippen LogP contribution in [0.5, 0.6) is 17.2 Å². The van der Waals surface area contributed by atoms with Crippen molar-refractivity contribution < 1.29 is 23.8 Å². The molecule has 7 rings (SSSR count). The van der Waals surface area contributed by atoms with Crippen LogP contribution in [0.15, 0.2) is 78.2 Å². The van der Waals surface area contributed by atoms with Gasteiger partial charge in [0.1, 0.15) is 23.9 Å². The molecule has 0 radical (unpaired) electrons. The van der Waals surface area contributed by atoms with Crippen LogP contribution < -0.4 is 14.2 Å². The summed E-state index contributed by atoms with van der Waals surface area (Å²) in [6, 6.07) is 19.2. The van der Waals surface area contributed by atoms with Crippen LogP contribution in [0.1, 0.15) is 39.4 Å². The Kier molecular flexibility index (Phi) is 4.45. The van der Waals surface area contributed by atoms with Crippen molar-refractivity contribution in [1.29, 1.82) is 0 Å². The monoisotopic (exact) mass is 475 g/mol. The minimum Gasteiger partial charge on any atom is -0.489 e. The lowest BCUT2D eigenvalue weighted by atomic mass is 9.83. The Morgan fingerprint density at radius 1 is 0.944 bits per heavy atom. The Bertz CT molecular complexity index is 1670. The van der Waals surface area contributed by atoms with E-state index in [-0.39, 0.29) is 29.9 Å². The number of carbonyl (C=O) groups is 2. The summed E-state index contributed by atoms with van der Waals surface area (Å²) in [4.78, 5) is 25.9. The number of aromatic nitrogens is 1. The number of fused-ring (bicyclic) bond motifs is 5. The number of esters is 1. The molecule has 3 aliphatic rings. The lowest BCUT2D eigenvalue weighted by Gasteiger charge is -2.29. The third-order valence-corrected chi connectivity index (χ3v) is 7.10. The van der Waals surface area contributed by atoms with Gasteiger partial charge >= 0.3 is 5.97 Å². The molecule has 6 nitrogen and oxygen atoms in total. The van der Waals surface area contributed by atoms with E-state index in [1.165, 1.54) is 0 Å². The molecule has 0 N–H and O–H groups in total. The number of ketones is 1. The average molecular weight is 476 g/mol. The van der Waals surface area contributed by atoms with E-state index in [1.54, 1.807) is 18.2 Å². The van der Waals surface area contributed by atoms with Gasteiger partial charge in [-0.2, -0.15) is 0 Å². The Balaban J connectivity index is 1.33. The molecule has 3 aliphatic heterocycles. The van der Waals surface area contributed by atoms with Gasteiger partial charge in [0.05, 0.1) is 12.0 Å². The predicted octanol–water partition coefficient (Wildman–Crippen LogP) is 5.66. The molecule has 0 amide bonds. The molecule has 176 valence electrons. The van der Waals surface area contributed by atoms with E-state index in [2.05, 4.69) is 6.08 Å². The molecular formula is C30H21NO5. The van der Waals surface area contributed by atoms with E-state index < -0.39 is 0 Å². The maximum atomic E-state index is 13.4. The van der Waals surface area contributed by atoms with E-state index in [0.29, 0.717) is 23.7 Å². The fraction of sp³-hybridized carbons (Fsp3) is 0.133. The van der Waals surface area contributed by atoms with E-state index in [4.69, 9.17) is 14.2 Å². The average Bonchev–Trinajstić information content (AvgIpc) is 3.39. The summed E-state index contributed by atoms with van der Waals surface area (Å²) in [5.41, 5.74) is 5.07. The number of benzene rings is 3. The highest BCUT2D eigenvalue weighted by molar-refractivity contribution is 6.15. The summed E-state index contributed by atoms with van der Waals surface area (Å²) >= 11 is 0. The molecule has 0 aliphatic carbocycles. The largest absolute Gasteiger partial charge is 0.489 e. The van der Waals surface area contributed by atoms with E-state index in [9.17, 15) is 9.59 Å². The topological polar surface area (TPSA) is 66.8 Å². The Labute approximate surface area is 207 Å². The van der Waals surface area contributed by atoms with Crippen LogP contribution in [0.25, 0.3) is 23.1 Å². The van der Waals surface area contributed by atoms with Crippen LogP contribution in [-0.4, -0.2) is 22.9 Å². The SMILES string of the molecule is Cn1cc(C=C2Oc3c(ccc4c3C(C3=Cc5ccccc5OC3)CC(=O)O4)C2=O)c2ccccc21. The van der Waals surface area contributed by atoms with Gasteiger partial charge in [0.15, 0.2) is 5.76 Å². The summed E-state index contributed by atoms with van der Waals surface area (Å²) in [5.74, 6) is 1.14. The highest BCUT2D eigenvalue weighted by Crippen LogP contribution is 2.50. The van der Waals surface area contributed by atoms with Crippen LogP contribution in [0.2, 0.25) is 0 Å². The molecule has 1 unspecified atom stereocenters. The number of hydrogen-bond donors (Lipinski definition) is 0. The van der Waals surface area contributed by atoms with Crippen LogP contribution in [0.3, 0.4) is 0 Å². The van der Waals surface area contributed by atoms with Crippen molar-refractivity contribution in [2.24, 2.45) is 7.05 Å². The van der Waals surface area contributed by atoms with Crippen LogP contribution in [0.4, 0.5) is 0 Å². The van der Waals surface area contributed by atoms with Crippen LogP contribution >= 0.6 is 0 Å². The summed E-state index contributed by atoms with van der Waals surface area (Å²) in [7, 11) is 1.98. The van der Waals surface area contributed by atoms with Gasteiger partial charge in [-0.1, -0.05) is 36.4 Å². The number of allylic oxidation sites excluding steroid dienone is 1. The normalized spacial score (nSPS) is 19.2. The number of carbonyl (C=O) groups excluding carboxylic acids is 2. The number of nitrogens with zero attached hydrogens (tertiary/aromatic N) is 1. The van der Waals surface area contributed by atoms with E-state index >= 15 is 0 Å². The second kappa shape index (κ2) is 7.71. The third kappa shape index (κ3) is 3.11. The number of hydrogen-bond acceptors (Lipinski definition) is 5. The molecule has 4 aromatic rings. The van der Waals surface area contributed by atoms with Gasteiger partial charge in [-0.25, -0.2) is 0 Å². The quantitative estimate of drug-likeness (QED) is 0.213. The van der Waals surface area contributed by atoms with Gasteiger partial charge in [0.2, 0.25) is 5.78 Å². The molecule has 0 fully saturated rings. The first-order chi connectivity index (χ1) is 17.6. The lowest BCUT2D eigenvalue weighted by molar-refractivity contribution is -0.135. The smallest absolute Gasteiger partial charge is 0.312 e. The molecule has 0 bridgehead atoms. The summed E-state index contributed by atoms with van der Waals surface area (Å²) in [5, 5.41) is 1.04. The fourth-order valence-electron chi connectivity index (χ4n) is 5.39. The first-order valence-electron chi connectivity index (χ1n) is 11.8. The fourth-order valence-corrected chi connectivity index (χ4v) is 5.39. The van der Waals surface area contributed by atoms with Crippen molar-refractivity contribution in [2.45, 2.75) is 12.3 Å². The van der Waals surface area contributed by atoms with Gasteiger partial charge in [-0.15, -0.1) is 0 Å². The van der Waals surface area contributed by atoms with Crippen molar-refractivity contribution in [2.75, 3.05) is 6.61 Å². The molecule has 3 aromatic carbocycles. The highest BCUT2D eigenvalue weighted by Gasteiger charge is 2.39. The first kappa shape index (κ1) is 20.8. The van der Waals surface area contributed by atoms with Crippen molar-refractivity contribution in [3.63, 3.8) is 0 Å². The van der Waals surface area contributed by atoms with Crippen molar-refractivity contribution in [3.8, 4) is 17.2 Å². The number of ether oxygens (including phenoxy) is 3. The van der Waals surface area contributed by atoms with Gasteiger partial charge in [0, 0.05) is 46.8 Å². The minimum absolute atomic E-state index is 0.154. The first-order valence-corrected chi connectivity index (χ1v) is 11.8. The zero-order valence-electron chi connectivity index (χ0n) is 19.5. The van der Waals surface area contributed by atoms with Crippen molar-refractivity contribution in [1.82, 2.24) is 4.57 Å². The molecule has 36 heavy (non-hydrogen) atoms. The molecule has 0 saturated carbocycles. The standard InChI is InChI=1S/C30H21NO5/c1-31-15-18(20-7-3-4-8-23(20)31)13-26-29(33)21-10-11-25-28(30(21)36-26)22(14-27(32)35-25)19-12-17-6-2-5-9-24(17)34-16-19/h2-13,15,22H,14,16H2,1H3. The van der Waals surface area contributed by atoms with Crippen molar-refractivity contribution >= 4 is 34.8 Å². The maximum Gasteiger partial charge on any atom is 0.312 e. The molecule has 6 heteroatoms. The molecule has 1 atom stereocenters. The summed E-state index contributed by atoms with van der Waals surface area (Å²) in [6.45, 7) is 0.352. The molecular weight excluding hydrogens is 454 g/mol. The second-order valence-corrected chi connectivity index (χ2v) is 9.28. The highest BCUT2D eigenvalue weighted by atomic mass is 16.5. The van der Waals surface area contributed by atoms with Gasteiger partial charge < -0.3 is 18.8 Å². The lowest BCUT2D eigenvalue weighted by Crippen LogP contribution is -2.24. The predicted molar refractivity (Wildman–Crippen MR) is 135 cm³/mol. The molecule has 1 aromatic heterocycles. The molecule has 4 heterocycles. The number of aryl methyl sites for hydroxylation is 1. The van der Waals surface area contributed by atoms with Crippen molar-refractivity contribution in [3.05, 3.63) is 100 Å². The van der Waals surface area contributed by atoms with Gasteiger partial charge in [0.25, 0.3) is 0 Å². The second-order valence-electron chi connectivity index (χ2n) is 9.28. The summed E-state index contributed by atoms with van der Waals surface area (Å²) in [6.07, 6.45) is 5.99. The maximum absolute atomic E-state index is 13.4. The zero-order chi connectivity index (χ0) is 24.4. The van der Waals surface area contributed by atoms with Crippen LogP contribution in [-0.2, 0) is 11.8 Å². The Morgan fingerprint density at radius 2 is 1.78 bits per heavy atom. The van der Waals surface area contributed by atoms with Gasteiger partial charge in [-0.05, 0) is 42.0 Å². The zero-order valence-corrected chi connectivity index (χ0v) is 19.5. The number of rotatable bonds is 2. The number of para-hydroxylation sites is 2. The van der Waals surface area contributed by atoms with Gasteiger partial charge in [-0.3, -0.25) is 9.59 Å². The summed E-state index contributed by atoms with van der Waals surface area (Å²) < 4.78 is 19.8.